The molecule has 4 aliphatic heterocycles. The Morgan fingerprint density at radius 1 is 0.981 bits per heavy atom. The number of benzene rings is 2. The Kier molecular flexibility index (Phi) is 11.6. The van der Waals surface area contributed by atoms with Crippen LogP contribution in [0.4, 0.5) is 34.1 Å². The van der Waals surface area contributed by atoms with Crippen molar-refractivity contribution >= 4 is 47.0 Å². The molecule has 2 aromatic carbocycles. The number of urea groups is 1. The van der Waals surface area contributed by atoms with Crippen molar-refractivity contribution in [1.82, 2.24) is 24.5 Å². The first-order valence-corrected chi connectivity index (χ1v) is 18.3. The van der Waals surface area contributed by atoms with Crippen LogP contribution in [-0.2, 0) is 33.3 Å². The molecular formula is C36H45ClF3N7O6. The van der Waals surface area contributed by atoms with Gasteiger partial charge in [0.2, 0.25) is 0 Å². The Hall–Kier alpha value is -4.28. The van der Waals surface area contributed by atoms with Gasteiger partial charge in [0, 0.05) is 63.5 Å². The Morgan fingerprint density at radius 2 is 1.66 bits per heavy atom. The average molecular weight is 764 g/mol. The van der Waals surface area contributed by atoms with Crippen LogP contribution in [0.25, 0.3) is 0 Å². The summed E-state index contributed by atoms with van der Waals surface area (Å²) in [5, 5.41) is 12.8. The number of amides is 4. The minimum absolute atomic E-state index is 0.0227. The molecule has 2 atom stereocenters. The number of carbonyl (C=O) groups excluding carboxylic acids is 3. The van der Waals surface area contributed by atoms with Gasteiger partial charge in [0.15, 0.2) is 6.10 Å². The van der Waals surface area contributed by atoms with Crippen LogP contribution in [0.1, 0.15) is 42.4 Å². The molecule has 13 nitrogen and oxygen atoms in total. The highest BCUT2D eigenvalue weighted by Crippen LogP contribution is 2.38. The quantitative estimate of drug-likeness (QED) is 0.352. The number of alkyl halides is 3. The second-order valence-corrected chi connectivity index (χ2v) is 14.7. The van der Waals surface area contributed by atoms with Crippen LogP contribution in [-0.4, -0.2) is 137 Å². The van der Waals surface area contributed by atoms with Crippen LogP contribution in [0.3, 0.4) is 0 Å². The molecule has 4 N–H and O–H groups in total. The van der Waals surface area contributed by atoms with Crippen LogP contribution in [0.15, 0.2) is 36.4 Å². The zero-order valence-electron chi connectivity index (χ0n) is 29.5. The van der Waals surface area contributed by atoms with E-state index >= 15 is 0 Å². The lowest BCUT2D eigenvalue weighted by Gasteiger charge is -2.46. The third kappa shape index (κ3) is 8.76. The highest BCUT2D eigenvalue weighted by atomic mass is 35.5. The lowest BCUT2D eigenvalue weighted by molar-refractivity contribution is -0.154. The standard InChI is InChI=1S/C36H45ClF3N7O6/c1-43-11-7-24(8-12-43)46-17-16-45(21-29(46)33(49)50)32(48)30(20-22-18-26(36(38,39)40)31(41)27(37)19-22)53-35(52)44-13-9-25(10-14-44)47-15-6-23-4-2-3-5-28(23)42-34(47)51/h2-5,18-19,24-25,29-30H,6-17,20-21,41H2,1H3,(H,42,51)(H,49,50). The predicted octanol–water partition coefficient (Wildman–Crippen LogP) is 4.23. The highest BCUT2D eigenvalue weighted by Gasteiger charge is 2.42. The predicted molar refractivity (Wildman–Crippen MR) is 191 cm³/mol. The lowest BCUT2D eigenvalue weighted by Crippen LogP contribution is -2.63. The number of hydrogen-bond donors (Lipinski definition) is 3. The number of rotatable bonds is 7. The van der Waals surface area contributed by atoms with Crippen LogP contribution < -0.4 is 11.1 Å². The van der Waals surface area contributed by atoms with E-state index in [1.165, 1.54) is 15.9 Å². The number of nitrogens with zero attached hydrogens (tertiary/aromatic N) is 5. The van der Waals surface area contributed by atoms with Gasteiger partial charge >= 0.3 is 24.3 Å². The number of carbonyl (C=O) groups is 4. The summed E-state index contributed by atoms with van der Waals surface area (Å²) < 4.78 is 47.4. The molecular weight excluding hydrogens is 719 g/mol. The minimum atomic E-state index is -4.84. The zero-order chi connectivity index (χ0) is 38.0. The number of hydrogen-bond acceptors (Lipinski definition) is 8. The molecule has 3 saturated heterocycles. The number of carboxylic acid groups (broad SMARTS) is 1. The van der Waals surface area contributed by atoms with Crippen molar-refractivity contribution in [2.24, 2.45) is 0 Å². The molecule has 6 rings (SSSR count). The van der Waals surface area contributed by atoms with E-state index in [0.29, 0.717) is 25.8 Å². The van der Waals surface area contributed by atoms with Gasteiger partial charge in [0.1, 0.15) is 6.04 Å². The van der Waals surface area contributed by atoms with Crippen LogP contribution in [0.2, 0.25) is 5.02 Å². The van der Waals surface area contributed by atoms with Gasteiger partial charge < -0.3 is 40.5 Å². The molecule has 4 aliphatic rings. The molecule has 0 spiro atoms. The van der Waals surface area contributed by atoms with Crippen LogP contribution >= 0.6 is 11.6 Å². The molecule has 4 amide bonds. The highest BCUT2D eigenvalue weighted by molar-refractivity contribution is 6.33. The molecule has 0 bridgehead atoms. The minimum Gasteiger partial charge on any atom is -0.480 e. The van der Waals surface area contributed by atoms with E-state index in [4.69, 9.17) is 22.1 Å². The largest absolute Gasteiger partial charge is 0.480 e. The number of piperidine rings is 2. The van der Waals surface area contributed by atoms with Crippen molar-refractivity contribution in [3.63, 3.8) is 0 Å². The molecule has 4 heterocycles. The molecule has 0 aromatic heterocycles. The molecule has 2 aromatic rings. The van der Waals surface area contributed by atoms with Gasteiger partial charge in [-0.2, -0.15) is 13.2 Å². The van der Waals surface area contributed by atoms with Gasteiger partial charge in [-0.25, -0.2) is 9.59 Å². The number of ether oxygens (including phenoxy) is 1. The molecule has 2 unspecified atom stereocenters. The molecule has 0 radical (unpaired) electrons. The van der Waals surface area contributed by atoms with Crippen molar-refractivity contribution in [1.29, 1.82) is 0 Å². The summed E-state index contributed by atoms with van der Waals surface area (Å²) in [6.45, 7) is 2.79. The number of nitrogens with one attached hydrogen (secondary N) is 1. The maximum atomic E-state index is 14.2. The van der Waals surface area contributed by atoms with E-state index in [-0.39, 0.29) is 61.4 Å². The number of piperazine rings is 1. The fraction of sp³-hybridized carbons (Fsp3) is 0.556. The molecule has 53 heavy (non-hydrogen) atoms. The summed E-state index contributed by atoms with van der Waals surface area (Å²) in [5.41, 5.74) is 5.56. The number of nitrogen functional groups attached to an aromatic ring is 1. The molecule has 17 heteroatoms. The van der Waals surface area contributed by atoms with E-state index < -0.39 is 54.0 Å². The smallest absolute Gasteiger partial charge is 0.418 e. The van der Waals surface area contributed by atoms with Crippen LogP contribution in [0.5, 0.6) is 0 Å². The van der Waals surface area contributed by atoms with Crippen molar-refractivity contribution in [3.05, 3.63) is 58.1 Å². The van der Waals surface area contributed by atoms with Gasteiger partial charge in [-0.05, 0) is 81.6 Å². The number of halogens is 4. The van der Waals surface area contributed by atoms with Gasteiger partial charge in [-0.1, -0.05) is 29.8 Å². The Morgan fingerprint density at radius 3 is 2.34 bits per heavy atom. The third-order valence-corrected chi connectivity index (χ3v) is 11.2. The number of aliphatic carboxylic acids is 1. The monoisotopic (exact) mass is 763 g/mol. The third-order valence-electron chi connectivity index (χ3n) is 10.9. The molecule has 3 fully saturated rings. The second kappa shape index (κ2) is 16.0. The first-order chi connectivity index (χ1) is 25.2. The van der Waals surface area contributed by atoms with E-state index in [9.17, 15) is 37.5 Å². The maximum Gasteiger partial charge on any atom is 0.418 e. The summed E-state index contributed by atoms with van der Waals surface area (Å²) in [5.74, 6) is -1.82. The van der Waals surface area contributed by atoms with Crippen LogP contribution in [0, 0.1) is 0 Å². The molecule has 288 valence electrons. The number of fused-ring (bicyclic) bond motifs is 1. The fourth-order valence-corrected chi connectivity index (χ4v) is 8.14. The Labute approximate surface area is 310 Å². The second-order valence-electron chi connectivity index (χ2n) is 14.3. The average Bonchev–Trinajstić information content (AvgIpc) is 3.30. The van der Waals surface area contributed by atoms with E-state index in [1.807, 2.05) is 36.2 Å². The normalized spacial score (nSPS) is 21.8. The van der Waals surface area contributed by atoms with Gasteiger partial charge in [0.05, 0.1) is 16.3 Å². The Bertz CT molecular complexity index is 1700. The number of anilines is 2. The first kappa shape index (κ1) is 38.4. The molecule has 0 aliphatic carbocycles. The van der Waals surface area contributed by atoms with Crippen molar-refractivity contribution in [2.45, 2.75) is 68.9 Å². The first-order valence-electron chi connectivity index (χ1n) is 17.9. The topological polar surface area (TPSA) is 152 Å². The van der Waals surface area contributed by atoms with Crippen molar-refractivity contribution in [2.75, 3.05) is 70.5 Å². The lowest BCUT2D eigenvalue weighted by atomic mass is 9.98. The Balaban J connectivity index is 1.16. The van der Waals surface area contributed by atoms with Gasteiger partial charge in [-0.15, -0.1) is 0 Å². The van der Waals surface area contributed by atoms with Crippen molar-refractivity contribution < 1.29 is 42.2 Å². The van der Waals surface area contributed by atoms with E-state index in [2.05, 4.69) is 10.2 Å². The van der Waals surface area contributed by atoms with Crippen molar-refractivity contribution in [3.8, 4) is 0 Å². The zero-order valence-corrected chi connectivity index (χ0v) is 30.2. The number of carboxylic acids is 1. The molecule has 0 saturated carbocycles. The summed E-state index contributed by atoms with van der Waals surface area (Å²) in [6, 6.07) is 8.21. The summed E-state index contributed by atoms with van der Waals surface area (Å²) in [6.07, 6.45) is -4.60. The number of para-hydroxylation sites is 1. The SMILES string of the molecule is CN1CCC(N2CCN(C(=O)C(Cc3cc(Cl)c(N)c(C(F)(F)F)c3)OC(=O)N3CCC(N4CCc5ccccc5NC4=O)CC3)CC2C(=O)O)CC1. The number of likely N-dealkylation sites (tertiary alicyclic amines) is 2. The van der Waals surface area contributed by atoms with Gasteiger partial charge in [0.25, 0.3) is 5.91 Å². The maximum absolute atomic E-state index is 14.2. The fourth-order valence-electron chi connectivity index (χ4n) is 7.90. The van der Waals surface area contributed by atoms with E-state index in [0.717, 1.165) is 43.2 Å². The van der Waals surface area contributed by atoms with Gasteiger partial charge in [-0.3, -0.25) is 14.5 Å². The summed E-state index contributed by atoms with van der Waals surface area (Å²) in [4.78, 5) is 61.9. The summed E-state index contributed by atoms with van der Waals surface area (Å²) in [7, 11) is 2.00. The summed E-state index contributed by atoms with van der Waals surface area (Å²) >= 11 is 6.10. The number of nitrogens with two attached hydrogens (primary N) is 1. The van der Waals surface area contributed by atoms with E-state index in [1.54, 1.807) is 4.90 Å².